The Kier molecular flexibility index (Phi) is 16.0. The largest absolute Gasteiger partial charge is 0.492 e. The monoisotopic (exact) mass is 879 g/mol. The Morgan fingerprint density at radius 2 is 1.48 bits per heavy atom. The fraction of sp³-hybridized carbons (Fsp3) is 0.413. The van der Waals surface area contributed by atoms with Crippen molar-refractivity contribution in [3.05, 3.63) is 89.1 Å². The minimum Gasteiger partial charge on any atom is -0.492 e. The number of anilines is 1. The third-order valence-corrected chi connectivity index (χ3v) is 10.7. The fourth-order valence-electron chi connectivity index (χ4n) is 7.26. The van der Waals surface area contributed by atoms with Gasteiger partial charge in [0.1, 0.15) is 60.3 Å². The van der Waals surface area contributed by atoms with E-state index >= 15 is 0 Å². The van der Waals surface area contributed by atoms with Crippen LogP contribution in [0.4, 0.5) is 5.82 Å². The van der Waals surface area contributed by atoms with Crippen LogP contribution in [0, 0.1) is 0 Å². The van der Waals surface area contributed by atoms with Gasteiger partial charge in [-0.05, 0) is 66.3 Å². The molecule has 2 heterocycles. The van der Waals surface area contributed by atoms with Crippen molar-refractivity contribution < 1.29 is 33.4 Å². The Bertz CT molecular complexity index is 2330. The minimum absolute atomic E-state index is 0.000590. The second-order valence-corrected chi connectivity index (χ2v) is 16.9. The van der Waals surface area contributed by atoms with Gasteiger partial charge in [-0.25, -0.2) is 9.97 Å². The van der Waals surface area contributed by atoms with Crippen molar-refractivity contribution in [2.24, 2.45) is 22.9 Å². The molecule has 0 fully saturated rings. The van der Waals surface area contributed by atoms with Crippen LogP contribution in [-0.4, -0.2) is 117 Å². The van der Waals surface area contributed by atoms with Crippen molar-refractivity contribution in [2.75, 3.05) is 58.9 Å². The Morgan fingerprint density at radius 3 is 2.06 bits per heavy atom. The van der Waals surface area contributed by atoms with E-state index in [9.17, 15) is 24.0 Å². The highest BCUT2D eigenvalue weighted by Gasteiger charge is 2.36. The zero-order chi connectivity index (χ0) is 46.9. The average Bonchev–Trinajstić information content (AvgIpc) is 3.26. The van der Waals surface area contributed by atoms with Gasteiger partial charge < -0.3 is 58.2 Å². The SMILES string of the molecule is C[C@@H]1NC(=O)[C@@H](N(C)C(=O)[C@H](CCN)NC(=O)c2cnc(-c3ccc(C(C)(C)C)cc3)nc2N(C)C)c2ccc(OCCN)c(c2)-c2cc(ccc2OCCN)C[C@@H](C(N)=O)NC1=O. The van der Waals surface area contributed by atoms with Crippen LogP contribution < -0.4 is 53.3 Å². The van der Waals surface area contributed by atoms with E-state index in [1.165, 1.54) is 25.1 Å². The predicted octanol–water partition coefficient (Wildman–Crippen LogP) is 1.53. The molecule has 0 unspecified atom stereocenters. The Morgan fingerprint density at radius 1 is 0.859 bits per heavy atom. The van der Waals surface area contributed by atoms with Crippen molar-refractivity contribution in [2.45, 2.75) is 70.1 Å². The molecule has 3 aromatic carbocycles. The minimum atomic E-state index is -1.39. The summed E-state index contributed by atoms with van der Waals surface area (Å²) in [6, 6.07) is 13.2. The molecule has 0 radical (unpaired) electrons. The van der Waals surface area contributed by atoms with Gasteiger partial charge in [-0.15, -0.1) is 0 Å². The molecule has 5 amide bonds. The predicted molar refractivity (Wildman–Crippen MR) is 244 cm³/mol. The van der Waals surface area contributed by atoms with Crippen LogP contribution in [0.15, 0.2) is 66.9 Å². The molecule has 4 bridgehead atoms. The molecule has 0 saturated carbocycles. The van der Waals surface area contributed by atoms with Gasteiger partial charge >= 0.3 is 0 Å². The van der Waals surface area contributed by atoms with Gasteiger partial charge in [0.2, 0.25) is 23.6 Å². The molecule has 11 N–H and O–H groups in total. The molecule has 4 aromatic rings. The first-order valence-corrected chi connectivity index (χ1v) is 21.1. The van der Waals surface area contributed by atoms with Crippen molar-refractivity contribution in [3.8, 4) is 34.0 Å². The van der Waals surface area contributed by atoms with Gasteiger partial charge in [-0.2, -0.15) is 0 Å². The van der Waals surface area contributed by atoms with E-state index in [2.05, 4.69) is 41.7 Å². The lowest BCUT2D eigenvalue weighted by atomic mass is 9.87. The number of carbonyl (C=O) groups is 5. The number of aromatic nitrogens is 2. The smallest absolute Gasteiger partial charge is 0.257 e. The van der Waals surface area contributed by atoms with Crippen molar-refractivity contribution >= 4 is 35.4 Å². The van der Waals surface area contributed by atoms with Crippen LogP contribution in [0.1, 0.15) is 67.2 Å². The number of nitrogens with two attached hydrogens (primary N) is 4. The molecular formula is C46H61N11O7. The maximum absolute atomic E-state index is 14.7. The zero-order valence-corrected chi connectivity index (χ0v) is 37.6. The number of fused-ring (bicyclic) bond motifs is 5. The molecule has 18 nitrogen and oxygen atoms in total. The summed E-state index contributed by atoms with van der Waals surface area (Å²) in [6.45, 7) is 8.54. The summed E-state index contributed by atoms with van der Waals surface area (Å²) < 4.78 is 12.1. The van der Waals surface area contributed by atoms with E-state index in [4.69, 9.17) is 37.4 Å². The summed E-state index contributed by atoms with van der Waals surface area (Å²) in [5, 5.41) is 8.17. The van der Waals surface area contributed by atoms with Crippen LogP contribution in [0.2, 0.25) is 0 Å². The summed E-state index contributed by atoms with van der Waals surface area (Å²) in [5.41, 5.74) is 27.3. The summed E-state index contributed by atoms with van der Waals surface area (Å²) in [6.07, 6.45) is 1.43. The summed E-state index contributed by atoms with van der Waals surface area (Å²) in [5.74, 6) is -2.00. The number of hydrogen-bond acceptors (Lipinski definition) is 13. The Balaban J connectivity index is 1.57. The van der Waals surface area contributed by atoms with Gasteiger partial charge in [0.05, 0.1) is 0 Å². The molecule has 1 aromatic heterocycles. The quantitative estimate of drug-likeness (QED) is 0.0894. The molecule has 0 saturated heterocycles. The van der Waals surface area contributed by atoms with E-state index in [-0.39, 0.29) is 56.7 Å². The van der Waals surface area contributed by atoms with Crippen LogP contribution in [0.25, 0.3) is 22.5 Å². The normalized spacial score (nSPS) is 16.9. The van der Waals surface area contributed by atoms with Crippen molar-refractivity contribution in [3.63, 3.8) is 0 Å². The van der Waals surface area contributed by atoms with Crippen LogP contribution in [-0.2, 0) is 31.0 Å². The van der Waals surface area contributed by atoms with Crippen LogP contribution in [0.5, 0.6) is 11.5 Å². The van der Waals surface area contributed by atoms with Crippen LogP contribution >= 0.6 is 0 Å². The fourth-order valence-corrected chi connectivity index (χ4v) is 7.26. The van der Waals surface area contributed by atoms with E-state index in [0.717, 1.165) is 11.1 Å². The molecule has 1 aliphatic rings. The number of primary amides is 1. The molecule has 64 heavy (non-hydrogen) atoms. The molecule has 18 heteroatoms. The standard InChI is InChI=1S/C46H61N11O7/c1-26-42(59)54-35(39(50)58)23-27-8-14-36(63-20-18-48)31(22-27)32-24-29(11-15-37(32)64-21-19-49)38(44(61)52-26)57(7)45(62)34(16-17-47)53-43(60)33-25-51-40(55-41(33)56(5)6)28-9-12-30(13-10-28)46(2,3)4/h8-15,22,24-26,34-35,38H,16-21,23,47-49H2,1-7H3,(H2,50,58)(H,52,61)(H,53,60)(H,54,59)/t26-,34-,35-,38-/m0/s1. The summed E-state index contributed by atoms with van der Waals surface area (Å²) >= 11 is 0. The second kappa shape index (κ2) is 21.2. The molecule has 1 aliphatic heterocycles. The molecule has 342 valence electrons. The van der Waals surface area contributed by atoms with Gasteiger partial charge in [-0.3, -0.25) is 24.0 Å². The van der Waals surface area contributed by atoms with Gasteiger partial charge in [0, 0.05) is 63.5 Å². The number of nitrogens with one attached hydrogen (secondary N) is 3. The molecular weight excluding hydrogens is 819 g/mol. The molecule has 0 spiro atoms. The van der Waals surface area contributed by atoms with Crippen molar-refractivity contribution in [1.82, 2.24) is 30.8 Å². The average molecular weight is 880 g/mol. The van der Waals surface area contributed by atoms with Gasteiger partial charge in [0.25, 0.3) is 5.91 Å². The second-order valence-electron chi connectivity index (χ2n) is 16.9. The Labute approximate surface area is 373 Å². The highest BCUT2D eigenvalue weighted by molar-refractivity contribution is 6.02. The number of hydrogen-bond donors (Lipinski definition) is 7. The van der Waals surface area contributed by atoms with E-state index < -0.39 is 53.7 Å². The topological polar surface area (TPSA) is 276 Å². The lowest BCUT2D eigenvalue weighted by Gasteiger charge is -2.32. The number of likely N-dealkylation sites (N-methyl/N-ethyl adjacent to an activating group) is 1. The van der Waals surface area contributed by atoms with Gasteiger partial charge in [-0.1, -0.05) is 57.2 Å². The number of nitrogens with zero attached hydrogens (tertiary/aromatic N) is 4. The van der Waals surface area contributed by atoms with Crippen molar-refractivity contribution in [1.29, 1.82) is 0 Å². The van der Waals surface area contributed by atoms with E-state index in [1.54, 1.807) is 55.4 Å². The number of rotatable bonds is 15. The number of carbonyl (C=O) groups excluding carboxylic acids is 5. The lowest BCUT2D eigenvalue weighted by molar-refractivity contribution is -0.141. The van der Waals surface area contributed by atoms with Crippen LogP contribution in [0.3, 0.4) is 0 Å². The summed E-state index contributed by atoms with van der Waals surface area (Å²) in [4.78, 5) is 81.6. The molecule has 0 aliphatic carbocycles. The first-order valence-electron chi connectivity index (χ1n) is 21.1. The van der Waals surface area contributed by atoms with E-state index in [1.807, 2.05) is 24.3 Å². The molecule has 5 rings (SSSR count). The maximum Gasteiger partial charge on any atom is 0.257 e. The molecule has 4 atom stereocenters. The lowest BCUT2D eigenvalue weighted by Crippen LogP contribution is -2.55. The van der Waals surface area contributed by atoms with Gasteiger partial charge in [0.15, 0.2) is 5.82 Å². The summed E-state index contributed by atoms with van der Waals surface area (Å²) in [7, 11) is 4.91. The Hall–Kier alpha value is -6.63. The first kappa shape index (κ1) is 48.4. The third kappa shape index (κ3) is 11.5. The first-order chi connectivity index (χ1) is 30.4. The third-order valence-electron chi connectivity index (χ3n) is 10.7. The highest BCUT2D eigenvalue weighted by atomic mass is 16.5. The number of amides is 5. The maximum atomic E-state index is 14.7. The zero-order valence-electron chi connectivity index (χ0n) is 37.6. The van der Waals surface area contributed by atoms with E-state index in [0.29, 0.717) is 45.4 Å². The highest BCUT2D eigenvalue weighted by Crippen LogP contribution is 2.40. The number of benzene rings is 3. The number of ether oxygens (including phenoxy) is 2.